The van der Waals surface area contributed by atoms with Crippen LogP contribution in [-0.2, 0) is 0 Å². The van der Waals surface area contributed by atoms with Crippen molar-refractivity contribution >= 4 is 11.4 Å². The highest BCUT2D eigenvalue weighted by Crippen LogP contribution is 2.31. The SMILES string of the molecule is CC1CNC(C)(C)CN1c1ccccc1N(C)C. The average molecular weight is 247 g/mol. The summed E-state index contributed by atoms with van der Waals surface area (Å²) in [4.78, 5) is 4.71. The highest BCUT2D eigenvalue weighted by molar-refractivity contribution is 5.71. The first-order valence-corrected chi connectivity index (χ1v) is 6.69. The molecule has 0 amide bonds. The highest BCUT2D eigenvalue weighted by Gasteiger charge is 2.31. The topological polar surface area (TPSA) is 18.5 Å². The maximum absolute atomic E-state index is 3.60. The Labute approximate surface area is 111 Å². The molecule has 0 saturated carbocycles. The van der Waals surface area contributed by atoms with E-state index in [-0.39, 0.29) is 5.54 Å². The number of hydrogen-bond donors (Lipinski definition) is 1. The van der Waals surface area contributed by atoms with Crippen molar-refractivity contribution in [3.05, 3.63) is 24.3 Å². The first kappa shape index (κ1) is 13.2. The van der Waals surface area contributed by atoms with Crippen LogP contribution in [0.15, 0.2) is 24.3 Å². The molecule has 100 valence electrons. The van der Waals surface area contributed by atoms with Gasteiger partial charge < -0.3 is 15.1 Å². The maximum Gasteiger partial charge on any atom is 0.0607 e. The Hall–Kier alpha value is -1.22. The average Bonchev–Trinajstić information content (AvgIpc) is 2.32. The van der Waals surface area contributed by atoms with Gasteiger partial charge in [-0.15, -0.1) is 0 Å². The van der Waals surface area contributed by atoms with Crippen molar-refractivity contribution in [2.45, 2.75) is 32.4 Å². The molecule has 0 bridgehead atoms. The fourth-order valence-corrected chi connectivity index (χ4v) is 2.58. The quantitative estimate of drug-likeness (QED) is 0.865. The van der Waals surface area contributed by atoms with Gasteiger partial charge in [-0.25, -0.2) is 0 Å². The van der Waals surface area contributed by atoms with Gasteiger partial charge in [0.25, 0.3) is 0 Å². The van der Waals surface area contributed by atoms with Crippen LogP contribution in [0.3, 0.4) is 0 Å². The lowest BCUT2D eigenvalue weighted by molar-refractivity contribution is 0.318. The van der Waals surface area contributed by atoms with Crippen LogP contribution < -0.4 is 15.1 Å². The minimum Gasteiger partial charge on any atom is -0.376 e. The standard InChI is InChI=1S/C15H25N3/c1-12-10-16-15(2,3)11-18(12)14-9-7-6-8-13(14)17(4)5/h6-9,12,16H,10-11H2,1-5H3. The van der Waals surface area contributed by atoms with E-state index in [0.29, 0.717) is 6.04 Å². The van der Waals surface area contributed by atoms with Crippen LogP contribution in [-0.4, -0.2) is 38.8 Å². The van der Waals surface area contributed by atoms with Gasteiger partial charge in [-0.05, 0) is 32.9 Å². The molecule has 2 rings (SSSR count). The molecule has 3 nitrogen and oxygen atoms in total. The Kier molecular flexibility index (Phi) is 3.53. The number of benzene rings is 1. The molecule has 0 aromatic heterocycles. The minimum absolute atomic E-state index is 0.173. The van der Waals surface area contributed by atoms with E-state index >= 15 is 0 Å². The van der Waals surface area contributed by atoms with Crippen molar-refractivity contribution in [1.82, 2.24) is 5.32 Å². The van der Waals surface area contributed by atoms with E-state index in [0.717, 1.165) is 13.1 Å². The van der Waals surface area contributed by atoms with Gasteiger partial charge >= 0.3 is 0 Å². The zero-order valence-electron chi connectivity index (χ0n) is 12.2. The van der Waals surface area contributed by atoms with Crippen LogP contribution >= 0.6 is 0 Å². The second-order valence-electron chi connectivity index (χ2n) is 6.12. The molecule has 1 aliphatic heterocycles. The van der Waals surface area contributed by atoms with Crippen molar-refractivity contribution in [2.24, 2.45) is 0 Å². The summed E-state index contributed by atoms with van der Waals surface area (Å²) in [6, 6.07) is 9.18. The van der Waals surface area contributed by atoms with E-state index in [1.165, 1.54) is 11.4 Å². The van der Waals surface area contributed by atoms with E-state index in [2.05, 4.69) is 74.2 Å². The third-order valence-corrected chi connectivity index (χ3v) is 3.65. The molecule has 0 aliphatic carbocycles. The zero-order valence-corrected chi connectivity index (χ0v) is 12.2. The number of piperazine rings is 1. The van der Waals surface area contributed by atoms with Crippen LogP contribution in [0.25, 0.3) is 0 Å². The second kappa shape index (κ2) is 4.81. The van der Waals surface area contributed by atoms with E-state index < -0.39 is 0 Å². The van der Waals surface area contributed by atoms with Crippen LogP contribution in [0.5, 0.6) is 0 Å². The number of anilines is 2. The molecule has 0 spiro atoms. The number of para-hydroxylation sites is 2. The van der Waals surface area contributed by atoms with Gasteiger partial charge in [-0.2, -0.15) is 0 Å². The molecule has 1 saturated heterocycles. The lowest BCUT2D eigenvalue weighted by atomic mass is 9.98. The molecule has 1 atom stereocenters. The van der Waals surface area contributed by atoms with Gasteiger partial charge in [-0.1, -0.05) is 12.1 Å². The van der Waals surface area contributed by atoms with Crippen LogP contribution in [0.1, 0.15) is 20.8 Å². The van der Waals surface area contributed by atoms with Crippen LogP contribution in [0, 0.1) is 0 Å². The molecule has 3 heteroatoms. The Morgan fingerprint density at radius 1 is 1.28 bits per heavy atom. The van der Waals surface area contributed by atoms with Crippen molar-refractivity contribution in [1.29, 1.82) is 0 Å². The summed E-state index contributed by atoms with van der Waals surface area (Å²) in [5, 5.41) is 3.60. The van der Waals surface area contributed by atoms with Gasteiger partial charge in [0, 0.05) is 38.8 Å². The van der Waals surface area contributed by atoms with E-state index in [9.17, 15) is 0 Å². The first-order chi connectivity index (χ1) is 8.41. The molecule has 1 heterocycles. The lowest BCUT2D eigenvalue weighted by Gasteiger charge is -2.45. The summed E-state index contributed by atoms with van der Waals surface area (Å²) in [7, 11) is 4.22. The Morgan fingerprint density at radius 2 is 1.94 bits per heavy atom. The summed E-state index contributed by atoms with van der Waals surface area (Å²) in [6.07, 6.45) is 0. The van der Waals surface area contributed by atoms with Gasteiger partial charge in [0.15, 0.2) is 0 Å². The van der Waals surface area contributed by atoms with E-state index in [1.807, 2.05) is 0 Å². The van der Waals surface area contributed by atoms with Crippen LogP contribution in [0.4, 0.5) is 11.4 Å². The van der Waals surface area contributed by atoms with Gasteiger partial charge in [0.2, 0.25) is 0 Å². The zero-order chi connectivity index (χ0) is 13.3. The number of rotatable bonds is 2. The monoisotopic (exact) mass is 247 g/mol. The number of nitrogens with zero attached hydrogens (tertiary/aromatic N) is 2. The predicted molar refractivity (Wildman–Crippen MR) is 79.7 cm³/mol. The van der Waals surface area contributed by atoms with Gasteiger partial charge in [-0.3, -0.25) is 0 Å². The van der Waals surface area contributed by atoms with Crippen molar-refractivity contribution in [3.8, 4) is 0 Å². The third-order valence-electron chi connectivity index (χ3n) is 3.65. The third kappa shape index (κ3) is 2.61. The molecule has 18 heavy (non-hydrogen) atoms. The summed E-state index contributed by atoms with van der Waals surface area (Å²) >= 11 is 0. The van der Waals surface area contributed by atoms with Crippen LogP contribution in [0.2, 0.25) is 0 Å². The molecular weight excluding hydrogens is 222 g/mol. The normalized spacial score (nSPS) is 22.9. The van der Waals surface area contributed by atoms with Crippen molar-refractivity contribution in [2.75, 3.05) is 37.0 Å². The smallest absolute Gasteiger partial charge is 0.0607 e. The van der Waals surface area contributed by atoms with Crippen molar-refractivity contribution in [3.63, 3.8) is 0 Å². The molecule has 1 aromatic carbocycles. The summed E-state index contributed by atoms with van der Waals surface area (Å²) in [5.74, 6) is 0. The van der Waals surface area contributed by atoms with Gasteiger partial charge in [0.05, 0.1) is 11.4 Å². The first-order valence-electron chi connectivity index (χ1n) is 6.69. The van der Waals surface area contributed by atoms with E-state index in [4.69, 9.17) is 0 Å². The van der Waals surface area contributed by atoms with E-state index in [1.54, 1.807) is 0 Å². The molecule has 1 N–H and O–H groups in total. The summed E-state index contributed by atoms with van der Waals surface area (Å²) in [5.41, 5.74) is 2.80. The molecule has 1 aromatic rings. The van der Waals surface area contributed by atoms with Crippen molar-refractivity contribution < 1.29 is 0 Å². The molecule has 0 radical (unpaired) electrons. The predicted octanol–water partition coefficient (Wildman–Crippen LogP) is 2.33. The fraction of sp³-hybridized carbons (Fsp3) is 0.600. The molecule has 1 aliphatic rings. The fourth-order valence-electron chi connectivity index (χ4n) is 2.58. The summed E-state index contributed by atoms with van der Waals surface area (Å²) < 4.78 is 0. The number of nitrogens with one attached hydrogen (secondary N) is 1. The molecule has 1 unspecified atom stereocenters. The Balaban J connectivity index is 2.35. The Bertz CT molecular complexity index is 412. The highest BCUT2D eigenvalue weighted by atomic mass is 15.3. The molecule has 1 fully saturated rings. The summed E-state index contributed by atoms with van der Waals surface area (Å²) in [6.45, 7) is 8.90. The molecular formula is C15H25N3. The second-order valence-corrected chi connectivity index (χ2v) is 6.12. The maximum atomic E-state index is 3.60. The number of hydrogen-bond acceptors (Lipinski definition) is 3. The largest absolute Gasteiger partial charge is 0.376 e. The van der Waals surface area contributed by atoms with Gasteiger partial charge in [0.1, 0.15) is 0 Å². The minimum atomic E-state index is 0.173. The Morgan fingerprint density at radius 3 is 2.61 bits per heavy atom. The lowest BCUT2D eigenvalue weighted by Crippen LogP contribution is -2.61.